The van der Waals surface area contributed by atoms with E-state index in [1.807, 2.05) is 0 Å². The van der Waals surface area contributed by atoms with E-state index in [2.05, 4.69) is 19.7 Å². The molecule has 0 N–H and O–H groups in total. The molecule has 0 saturated heterocycles. The van der Waals surface area contributed by atoms with Crippen LogP contribution in [0, 0.1) is 34.9 Å². The molecule has 1 heterocycles. The second-order valence-corrected chi connectivity index (χ2v) is 5.07. The number of azo groups is 1. The van der Waals surface area contributed by atoms with Gasteiger partial charge in [-0.15, -0.1) is 10.2 Å². The molecular formula is C16H10F6N2O3. The fraction of sp³-hybridized carbons (Fsp3) is 0.250. The molecule has 0 spiro atoms. The Morgan fingerprint density at radius 2 is 1.00 bits per heavy atom. The Labute approximate surface area is 148 Å². The second-order valence-electron chi connectivity index (χ2n) is 5.07. The van der Waals surface area contributed by atoms with Gasteiger partial charge in [0.05, 0.1) is 13.2 Å². The summed E-state index contributed by atoms with van der Waals surface area (Å²) in [6, 6.07) is 0. The van der Waals surface area contributed by atoms with Crippen LogP contribution in [0.5, 0.6) is 23.0 Å². The van der Waals surface area contributed by atoms with Crippen molar-refractivity contribution >= 4 is 11.4 Å². The summed E-state index contributed by atoms with van der Waals surface area (Å²) in [5.74, 6) is -14.5. The van der Waals surface area contributed by atoms with Crippen molar-refractivity contribution in [3.8, 4) is 23.0 Å². The first-order valence-electron chi connectivity index (χ1n) is 7.59. The van der Waals surface area contributed by atoms with Crippen molar-refractivity contribution in [2.24, 2.45) is 10.2 Å². The van der Waals surface area contributed by atoms with Gasteiger partial charge in [-0.25, -0.2) is 8.78 Å². The Morgan fingerprint density at radius 1 is 0.630 bits per heavy atom. The van der Waals surface area contributed by atoms with Gasteiger partial charge in [0.25, 0.3) is 0 Å². The molecule has 5 nitrogen and oxygen atoms in total. The summed E-state index contributed by atoms with van der Waals surface area (Å²) >= 11 is 0. The third-order valence-electron chi connectivity index (χ3n) is 3.46. The van der Waals surface area contributed by atoms with Crippen LogP contribution in [0.1, 0.15) is 13.8 Å². The maximum atomic E-state index is 14.5. The van der Waals surface area contributed by atoms with E-state index in [1.165, 1.54) is 13.8 Å². The zero-order valence-corrected chi connectivity index (χ0v) is 13.8. The standard InChI is InChI=1S/C16H10F6N2O3/c1-3-25-13-7(19)5(17)11-15(9(13)21)27-16-10(22)14(26-4-2)8(20)6(18)12(16)24-23-11/h3-4H2,1-2H3. The number of hydrogen-bond acceptors (Lipinski definition) is 5. The van der Waals surface area contributed by atoms with Crippen LogP contribution in [0.3, 0.4) is 0 Å². The van der Waals surface area contributed by atoms with Gasteiger partial charge in [-0.3, -0.25) is 0 Å². The van der Waals surface area contributed by atoms with Gasteiger partial charge in [0, 0.05) is 0 Å². The number of benzene rings is 2. The molecule has 0 saturated carbocycles. The van der Waals surface area contributed by atoms with Gasteiger partial charge in [0.2, 0.25) is 23.3 Å². The normalized spacial score (nSPS) is 12.1. The van der Waals surface area contributed by atoms with Crippen molar-refractivity contribution in [3.63, 3.8) is 0 Å². The van der Waals surface area contributed by atoms with Crippen LogP contribution in [0.4, 0.5) is 37.7 Å². The smallest absolute Gasteiger partial charge is 0.213 e. The molecule has 1 aliphatic rings. The largest absolute Gasteiger partial charge is 0.488 e. The Balaban J connectivity index is 2.30. The van der Waals surface area contributed by atoms with Crippen LogP contribution in [0.2, 0.25) is 0 Å². The average Bonchev–Trinajstić information content (AvgIpc) is 2.86. The van der Waals surface area contributed by atoms with Gasteiger partial charge >= 0.3 is 0 Å². The summed E-state index contributed by atoms with van der Waals surface area (Å²) in [5.41, 5.74) is -2.22. The van der Waals surface area contributed by atoms with Crippen molar-refractivity contribution in [1.29, 1.82) is 0 Å². The number of hydrogen-bond donors (Lipinski definition) is 0. The third kappa shape index (κ3) is 2.82. The fourth-order valence-corrected chi connectivity index (χ4v) is 2.32. The molecule has 0 amide bonds. The van der Waals surface area contributed by atoms with E-state index in [-0.39, 0.29) is 13.2 Å². The molecule has 0 bridgehead atoms. The molecule has 0 radical (unpaired) electrons. The quantitative estimate of drug-likeness (QED) is 0.414. The van der Waals surface area contributed by atoms with Gasteiger partial charge in [0.1, 0.15) is 0 Å². The molecule has 27 heavy (non-hydrogen) atoms. The predicted molar refractivity (Wildman–Crippen MR) is 79.2 cm³/mol. The van der Waals surface area contributed by atoms with Crippen LogP contribution in [0.25, 0.3) is 0 Å². The van der Waals surface area contributed by atoms with Crippen molar-refractivity contribution in [2.45, 2.75) is 13.8 Å². The van der Waals surface area contributed by atoms with Crippen molar-refractivity contribution in [2.75, 3.05) is 13.2 Å². The van der Waals surface area contributed by atoms with Crippen molar-refractivity contribution in [1.82, 2.24) is 0 Å². The minimum atomic E-state index is -1.73. The van der Waals surface area contributed by atoms with E-state index in [0.717, 1.165) is 0 Å². The number of rotatable bonds is 4. The lowest BCUT2D eigenvalue weighted by Gasteiger charge is -2.15. The molecule has 144 valence electrons. The first kappa shape index (κ1) is 18.8. The Bertz CT molecular complexity index is 889. The molecule has 2 aromatic rings. The highest BCUT2D eigenvalue weighted by Gasteiger charge is 2.35. The zero-order valence-electron chi connectivity index (χ0n) is 13.8. The molecule has 0 aromatic heterocycles. The SMILES string of the molecule is CCOc1c(F)c(F)c2c(c1F)Oc1c(F)c(OCC)c(F)c(F)c1N=N2. The number of ether oxygens (including phenoxy) is 3. The Kier molecular flexibility index (Phi) is 4.85. The van der Waals surface area contributed by atoms with Crippen LogP contribution < -0.4 is 14.2 Å². The summed E-state index contributed by atoms with van der Waals surface area (Å²) in [5, 5.41) is 6.29. The molecule has 0 atom stereocenters. The van der Waals surface area contributed by atoms with Gasteiger partial charge in [-0.2, -0.15) is 17.6 Å². The second kappa shape index (κ2) is 6.97. The van der Waals surface area contributed by atoms with E-state index in [4.69, 9.17) is 4.74 Å². The number of halogens is 6. The lowest BCUT2D eigenvalue weighted by molar-refractivity contribution is 0.280. The molecule has 0 aliphatic carbocycles. The Morgan fingerprint density at radius 3 is 1.33 bits per heavy atom. The first-order chi connectivity index (χ1) is 12.8. The van der Waals surface area contributed by atoms with Gasteiger partial charge in [0.15, 0.2) is 46.0 Å². The maximum Gasteiger partial charge on any atom is 0.213 e. The van der Waals surface area contributed by atoms with Crippen LogP contribution in [0.15, 0.2) is 10.2 Å². The van der Waals surface area contributed by atoms with Crippen molar-refractivity contribution < 1.29 is 40.6 Å². The van der Waals surface area contributed by atoms with Crippen molar-refractivity contribution in [3.05, 3.63) is 34.9 Å². The summed E-state index contributed by atoms with van der Waals surface area (Å²) in [6.45, 7) is 2.30. The fourth-order valence-electron chi connectivity index (χ4n) is 2.32. The minimum absolute atomic E-state index is 0.229. The first-order valence-corrected chi connectivity index (χ1v) is 7.59. The average molecular weight is 392 g/mol. The highest BCUT2D eigenvalue weighted by atomic mass is 19.2. The molecule has 0 fully saturated rings. The van der Waals surface area contributed by atoms with Crippen LogP contribution in [-0.4, -0.2) is 13.2 Å². The third-order valence-corrected chi connectivity index (χ3v) is 3.46. The minimum Gasteiger partial charge on any atom is -0.488 e. The maximum absolute atomic E-state index is 14.5. The lowest BCUT2D eigenvalue weighted by Crippen LogP contribution is -2.05. The monoisotopic (exact) mass is 392 g/mol. The van der Waals surface area contributed by atoms with E-state index in [9.17, 15) is 26.3 Å². The number of nitrogens with zero attached hydrogens (tertiary/aromatic N) is 2. The predicted octanol–water partition coefficient (Wildman–Crippen LogP) is 5.84. The summed E-state index contributed by atoms with van der Waals surface area (Å²) < 4.78 is 99.6. The molecule has 0 unspecified atom stereocenters. The number of fused-ring (bicyclic) bond motifs is 2. The summed E-state index contributed by atoms with van der Waals surface area (Å²) in [7, 11) is 0. The van der Waals surface area contributed by atoms with Gasteiger partial charge in [-0.05, 0) is 13.8 Å². The van der Waals surface area contributed by atoms with E-state index < -0.39 is 69.3 Å². The highest BCUT2D eigenvalue weighted by Crippen LogP contribution is 2.51. The molecular weight excluding hydrogens is 382 g/mol. The summed E-state index contributed by atoms with van der Waals surface area (Å²) in [4.78, 5) is 0. The topological polar surface area (TPSA) is 52.4 Å². The van der Waals surface area contributed by atoms with Crippen LogP contribution >= 0.6 is 0 Å². The van der Waals surface area contributed by atoms with Crippen LogP contribution in [-0.2, 0) is 0 Å². The van der Waals surface area contributed by atoms with E-state index >= 15 is 0 Å². The highest BCUT2D eigenvalue weighted by molar-refractivity contribution is 5.66. The van der Waals surface area contributed by atoms with E-state index in [0.29, 0.717) is 0 Å². The van der Waals surface area contributed by atoms with Gasteiger partial charge in [-0.1, -0.05) is 0 Å². The summed E-state index contributed by atoms with van der Waals surface area (Å²) in [6.07, 6.45) is 0. The molecule has 11 heteroatoms. The van der Waals surface area contributed by atoms with E-state index in [1.54, 1.807) is 0 Å². The lowest BCUT2D eigenvalue weighted by atomic mass is 10.2. The molecule has 2 aromatic carbocycles. The Hall–Kier alpha value is -2.98. The zero-order chi connectivity index (χ0) is 19.9. The molecule has 1 aliphatic heterocycles. The van der Waals surface area contributed by atoms with Gasteiger partial charge < -0.3 is 14.2 Å². The molecule has 3 rings (SSSR count).